The van der Waals surface area contributed by atoms with Crippen LogP contribution in [0.4, 0.5) is 0 Å². The molecule has 0 bridgehead atoms. The molecule has 1 aromatic carbocycles. The first-order valence-electron chi connectivity index (χ1n) is 6.48. The summed E-state index contributed by atoms with van der Waals surface area (Å²) in [5, 5.41) is 3.31. The molecular formula is C14H20BrClN2O. The lowest BCUT2D eigenvalue weighted by Crippen LogP contribution is -2.34. The number of aryl methyl sites for hydroxylation is 1. The molecule has 1 aromatic rings. The number of halogens is 2. The summed E-state index contributed by atoms with van der Waals surface area (Å²) >= 11 is 3.45. The van der Waals surface area contributed by atoms with Crippen molar-refractivity contribution in [2.75, 3.05) is 26.2 Å². The van der Waals surface area contributed by atoms with E-state index in [-0.39, 0.29) is 18.3 Å². The van der Waals surface area contributed by atoms with Crippen LogP contribution in [0.2, 0.25) is 0 Å². The van der Waals surface area contributed by atoms with Gasteiger partial charge in [-0.25, -0.2) is 0 Å². The van der Waals surface area contributed by atoms with Crippen molar-refractivity contribution in [3.63, 3.8) is 0 Å². The molecule has 106 valence electrons. The van der Waals surface area contributed by atoms with E-state index in [1.807, 2.05) is 17.0 Å². The molecule has 19 heavy (non-hydrogen) atoms. The highest BCUT2D eigenvalue weighted by Crippen LogP contribution is 2.13. The average Bonchev–Trinajstić information content (AvgIpc) is 2.65. The second kappa shape index (κ2) is 8.56. The van der Waals surface area contributed by atoms with E-state index in [9.17, 15) is 4.79 Å². The second-order valence-electron chi connectivity index (χ2n) is 4.61. The first-order chi connectivity index (χ1) is 8.75. The Kier molecular flexibility index (Phi) is 7.42. The minimum Gasteiger partial charge on any atom is -0.341 e. The normalized spacial score (nSPS) is 15.5. The molecule has 0 aliphatic carbocycles. The summed E-state index contributed by atoms with van der Waals surface area (Å²) in [7, 11) is 0. The fraction of sp³-hybridized carbons (Fsp3) is 0.500. The van der Waals surface area contributed by atoms with Crippen LogP contribution in [-0.4, -0.2) is 37.0 Å². The summed E-state index contributed by atoms with van der Waals surface area (Å²) in [6, 6.07) is 8.17. The Morgan fingerprint density at radius 2 is 2.16 bits per heavy atom. The molecule has 1 fully saturated rings. The Morgan fingerprint density at radius 1 is 1.32 bits per heavy atom. The summed E-state index contributed by atoms with van der Waals surface area (Å²) in [5.74, 6) is 0.277. The molecule has 1 N–H and O–H groups in total. The number of carbonyl (C=O) groups excluding carboxylic acids is 1. The lowest BCUT2D eigenvalue weighted by Gasteiger charge is -2.19. The number of carbonyl (C=O) groups is 1. The number of hydrogen-bond donors (Lipinski definition) is 1. The van der Waals surface area contributed by atoms with Gasteiger partial charge in [0.15, 0.2) is 0 Å². The third-order valence-electron chi connectivity index (χ3n) is 3.21. The number of amides is 1. The van der Waals surface area contributed by atoms with Crippen LogP contribution in [0.25, 0.3) is 0 Å². The molecule has 1 heterocycles. The number of nitrogens with one attached hydrogen (secondary N) is 1. The van der Waals surface area contributed by atoms with Gasteiger partial charge in [-0.05, 0) is 37.1 Å². The summed E-state index contributed by atoms with van der Waals surface area (Å²) in [6.07, 6.45) is 2.49. The van der Waals surface area contributed by atoms with Crippen LogP contribution in [0.5, 0.6) is 0 Å². The van der Waals surface area contributed by atoms with Crippen LogP contribution >= 0.6 is 28.3 Å². The van der Waals surface area contributed by atoms with Gasteiger partial charge in [-0.15, -0.1) is 12.4 Å². The van der Waals surface area contributed by atoms with Crippen LogP contribution in [0, 0.1) is 0 Å². The topological polar surface area (TPSA) is 32.3 Å². The Balaban J connectivity index is 0.00000180. The highest BCUT2D eigenvalue weighted by molar-refractivity contribution is 9.10. The van der Waals surface area contributed by atoms with Gasteiger partial charge in [0.2, 0.25) is 5.91 Å². The van der Waals surface area contributed by atoms with Crippen molar-refractivity contribution in [2.45, 2.75) is 19.3 Å². The monoisotopic (exact) mass is 346 g/mol. The molecule has 0 saturated carbocycles. The van der Waals surface area contributed by atoms with Gasteiger partial charge in [0.25, 0.3) is 0 Å². The first-order valence-corrected chi connectivity index (χ1v) is 7.28. The zero-order chi connectivity index (χ0) is 12.8. The van der Waals surface area contributed by atoms with Gasteiger partial charge in [0.05, 0.1) is 0 Å². The van der Waals surface area contributed by atoms with Crippen LogP contribution in [0.15, 0.2) is 28.7 Å². The van der Waals surface area contributed by atoms with E-state index in [0.717, 1.165) is 43.5 Å². The summed E-state index contributed by atoms with van der Waals surface area (Å²) < 4.78 is 1.08. The number of benzene rings is 1. The van der Waals surface area contributed by atoms with Crippen LogP contribution in [-0.2, 0) is 11.2 Å². The molecule has 1 aliphatic heterocycles. The molecule has 0 unspecified atom stereocenters. The lowest BCUT2D eigenvalue weighted by atomic mass is 10.1. The summed E-state index contributed by atoms with van der Waals surface area (Å²) in [6.45, 7) is 3.68. The molecule has 0 radical (unpaired) electrons. The van der Waals surface area contributed by atoms with Crippen molar-refractivity contribution < 1.29 is 4.79 Å². The zero-order valence-corrected chi connectivity index (χ0v) is 13.3. The zero-order valence-electron chi connectivity index (χ0n) is 10.9. The first kappa shape index (κ1) is 16.5. The number of rotatable bonds is 3. The maximum absolute atomic E-state index is 12.1. The van der Waals surface area contributed by atoms with Crippen LogP contribution in [0.3, 0.4) is 0 Å². The smallest absolute Gasteiger partial charge is 0.222 e. The molecule has 5 heteroatoms. The van der Waals surface area contributed by atoms with Crippen molar-refractivity contribution in [3.05, 3.63) is 34.3 Å². The predicted octanol–water partition coefficient (Wildman–Crippen LogP) is 2.63. The Bertz CT molecular complexity index is 406. The lowest BCUT2D eigenvalue weighted by molar-refractivity contribution is -0.130. The molecule has 1 aliphatic rings. The number of nitrogens with zero attached hydrogens (tertiary/aromatic N) is 1. The van der Waals surface area contributed by atoms with Crippen molar-refractivity contribution in [2.24, 2.45) is 0 Å². The summed E-state index contributed by atoms with van der Waals surface area (Å²) in [5.41, 5.74) is 1.21. The maximum atomic E-state index is 12.1. The van der Waals surface area contributed by atoms with E-state index in [2.05, 4.69) is 33.4 Å². The Labute approximate surface area is 129 Å². The van der Waals surface area contributed by atoms with Gasteiger partial charge in [0, 0.05) is 30.5 Å². The van der Waals surface area contributed by atoms with E-state index in [1.165, 1.54) is 5.56 Å². The van der Waals surface area contributed by atoms with Gasteiger partial charge in [-0.1, -0.05) is 28.1 Å². The highest BCUT2D eigenvalue weighted by Gasteiger charge is 2.14. The van der Waals surface area contributed by atoms with E-state index in [1.54, 1.807) is 0 Å². The van der Waals surface area contributed by atoms with E-state index < -0.39 is 0 Å². The highest BCUT2D eigenvalue weighted by atomic mass is 79.9. The molecule has 0 aromatic heterocycles. The second-order valence-corrected chi connectivity index (χ2v) is 5.53. The predicted molar refractivity (Wildman–Crippen MR) is 83.8 cm³/mol. The standard InChI is InChI=1S/C14H19BrN2O.ClH/c15-13-4-1-3-12(11-13)5-6-14(18)17-9-2-7-16-8-10-17;/h1,3-4,11,16H,2,5-10H2;1H. The van der Waals surface area contributed by atoms with E-state index in [4.69, 9.17) is 0 Å². The number of hydrogen-bond acceptors (Lipinski definition) is 2. The molecule has 3 nitrogen and oxygen atoms in total. The Morgan fingerprint density at radius 3 is 2.95 bits per heavy atom. The third kappa shape index (κ3) is 5.51. The van der Waals surface area contributed by atoms with Gasteiger partial charge < -0.3 is 10.2 Å². The molecule has 0 spiro atoms. The molecular weight excluding hydrogens is 328 g/mol. The van der Waals surface area contributed by atoms with E-state index >= 15 is 0 Å². The minimum absolute atomic E-state index is 0. The van der Waals surface area contributed by atoms with E-state index in [0.29, 0.717) is 6.42 Å². The molecule has 1 amide bonds. The molecule has 2 rings (SSSR count). The van der Waals surface area contributed by atoms with Crippen LogP contribution < -0.4 is 5.32 Å². The van der Waals surface area contributed by atoms with Gasteiger partial charge >= 0.3 is 0 Å². The van der Waals surface area contributed by atoms with Crippen molar-refractivity contribution in [3.8, 4) is 0 Å². The SMILES string of the molecule is Cl.O=C(CCc1cccc(Br)c1)N1CCCNCC1. The molecule has 0 atom stereocenters. The van der Waals surface area contributed by atoms with Gasteiger partial charge in [0.1, 0.15) is 0 Å². The van der Waals surface area contributed by atoms with Crippen LogP contribution in [0.1, 0.15) is 18.4 Å². The van der Waals surface area contributed by atoms with Crippen molar-refractivity contribution in [1.29, 1.82) is 0 Å². The quantitative estimate of drug-likeness (QED) is 0.911. The van der Waals surface area contributed by atoms with Gasteiger partial charge in [-0.3, -0.25) is 4.79 Å². The maximum Gasteiger partial charge on any atom is 0.222 e. The van der Waals surface area contributed by atoms with Crippen molar-refractivity contribution >= 4 is 34.2 Å². The fourth-order valence-corrected chi connectivity index (χ4v) is 2.64. The largest absolute Gasteiger partial charge is 0.341 e. The van der Waals surface area contributed by atoms with Gasteiger partial charge in [-0.2, -0.15) is 0 Å². The average molecular weight is 348 g/mol. The third-order valence-corrected chi connectivity index (χ3v) is 3.70. The fourth-order valence-electron chi connectivity index (χ4n) is 2.20. The van der Waals surface area contributed by atoms with Crippen molar-refractivity contribution in [1.82, 2.24) is 10.2 Å². The minimum atomic E-state index is 0. The molecule has 1 saturated heterocycles. The summed E-state index contributed by atoms with van der Waals surface area (Å²) in [4.78, 5) is 14.1. The Hall–Kier alpha value is -0.580.